The predicted molar refractivity (Wildman–Crippen MR) is 66.4 cm³/mol. The maximum atomic E-state index is 13.2. The fourth-order valence-electron chi connectivity index (χ4n) is 2.67. The zero-order chi connectivity index (χ0) is 12.8. The number of benzene rings is 1. The van der Waals surface area contributed by atoms with E-state index in [4.69, 9.17) is 5.73 Å². The Hall–Kier alpha value is -1.94. The molecule has 2 aromatic rings. The first kappa shape index (κ1) is 11.2. The van der Waals surface area contributed by atoms with Gasteiger partial charge in [-0.05, 0) is 42.2 Å². The van der Waals surface area contributed by atoms with Crippen LogP contribution in [0.1, 0.15) is 23.1 Å². The number of anilines is 1. The number of nitrogen functional groups attached to an aromatic ring is 1. The summed E-state index contributed by atoms with van der Waals surface area (Å²) in [6.07, 6.45) is 2.72. The topological polar surface area (TPSA) is 59.1 Å². The van der Waals surface area contributed by atoms with Crippen molar-refractivity contribution in [2.45, 2.75) is 18.4 Å². The smallest absolute Gasteiger partial charge is 0.129 e. The first-order chi connectivity index (χ1) is 8.61. The van der Waals surface area contributed by atoms with Gasteiger partial charge in [0.25, 0.3) is 0 Å². The molecule has 0 saturated heterocycles. The van der Waals surface area contributed by atoms with E-state index >= 15 is 0 Å². The number of halogens is 1. The molecule has 0 radical (unpaired) electrons. The molecule has 1 aliphatic rings. The quantitative estimate of drug-likeness (QED) is 0.806. The minimum Gasteiger partial charge on any atom is -0.383 e. The van der Waals surface area contributed by atoms with Crippen molar-refractivity contribution >= 4 is 5.82 Å². The zero-order valence-electron chi connectivity index (χ0n) is 9.73. The van der Waals surface area contributed by atoms with E-state index in [2.05, 4.69) is 4.98 Å². The van der Waals surface area contributed by atoms with E-state index in [1.165, 1.54) is 12.1 Å². The van der Waals surface area contributed by atoms with Crippen LogP contribution in [0.5, 0.6) is 0 Å². The van der Waals surface area contributed by atoms with Gasteiger partial charge in [-0.2, -0.15) is 0 Å². The number of aryl methyl sites for hydroxylation is 1. The molecular weight excluding hydrogens is 231 g/mol. The van der Waals surface area contributed by atoms with Crippen molar-refractivity contribution in [2.24, 2.45) is 0 Å². The van der Waals surface area contributed by atoms with Crippen molar-refractivity contribution in [1.82, 2.24) is 4.98 Å². The number of aromatic nitrogens is 1. The van der Waals surface area contributed by atoms with Gasteiger partial charge in [-0.25, -0.2) is 9.37 Å². The molecule has 18 heavy (non-hydrogen) atoms. The van der Waals surface area contributed by atoms with Gasteiger partial charge in [0.2, 0.25) is 0 Å². The molecule has 1 atom stereocenters. The average Bonchev–Trinajstić information content (AvgIpc) is 2.68. The van der Waals surface area contributed by atoms with E-state index in [9.17, 15) is 9.50 Å². The number of pyridine rings is 1. The highest BCUT2D eigenvalue weighted by molar-refractivity contribution is 5.52. The van der Waals surface area contributed by atoms with Crippen LogP contribution in [-0.2, 0) is 12.0 Å². The number of nitrogens with two attached hydrogens (primary N) is 1. The van der Waals surface area contributed by atoms with Gasteiger partial charge in [-0.1, -0.05) is 12.1 Å². The molecule has 1 heterocycles. The lowest BCUT2D eigenvalue weighted by atomic mass is 9.88. The van der Waals surface area contributed by atoms with Gasteiger partial charge in [-0.3, -0.25) is 0 Å². The Morgan fingerprint density at radius 2 is 2.11 bits per heavy atom. The average molecular weight is 244 g/mol. The number of hydrogen-bond donors (Lipinski definition) is 2. The molecule has 1 aromatic heterocycles. The Kier molecular flexibility index (Phi) is 2.35. The van der Waals surface area contributed by atoms with Crippen LogP contribution in [0.25, 0.3) is 0 Å². The third-order valence-electron chi connectivity index (χ3n) is 3.55. The lowest BCUT2D eigenvalue weighted by Crippen LogP contribution is -2.25. The fraction of sp³-hybridized carbons (Fsp3) is 0.214. The second-order valence-electron chi connectivity index (χ2n) is 4.60. The second kappa shape index (κ2) is 3.78. The van der Waals surface area contributed by atoms with Crippen molar-refractivity contribution in [3.05, 3.63) is 59.0 Å². The standard InChI is InChI=1S/C14H13FN2O/c15-10-3-4-11-9(8-10)5-6-14(11,18)12-2-1-7-17-13(12)16/h1-4,7-8,18H,5-6H2,(H2,16,17). The molecule has 1 unspecified atom stereocenters. The predicted octanol–water partition coefficient (Wildman–Crippen LogP) is 1.99. The number of fused-ring (bicyclic) bond motifs is 1. The molecule has 3 rings (SSSR count). The van der Waals surface area contributed by atoms with E-state index in [-0.39, 0.29) is 5.82 Å². The summed E-state index contributed by atoms with van der Waals surface area (Å²) in [5, 5.41) is 10.8. The summed E-state index contributed by atoms with van der Waals surface area (Å²) in [5.74, 6) is 0.0364. The van der Waals surface area contributed by atoms with Gasteiger partial charge in [0.05, 0.1) is 0 Å². The van der Waals surface area contributed by atoms with E-state index in [1.54, 1.807) is 24.4 Å². The fourth-order valence-corrected chi connectivity index (χ4v) is 2.67. The Morgan fingerprint density at radius 3 is 2.89 bits per heavy atom. The summed E-state index contributed by atoms with van der Waals surface area (Å²) >= 11 is 0. The van der Waals surface area contributed by atoms with Gasteiger partial charge in [0, 0.05) is 11.8 Å². The maximum absolute atomic E-state index is 13.2. The Morgan fingerprint density at radius 1 is 1.28 bits per heavy atom. The first-order valence-electron chi connectivity index (χ1n) is 5.83. The monoisotopic (exact) mass is 244 g/mol. The zero-order valence-corrected chi connectivity index (χ0v) is 9.73. The lowest BCUT2D eigenvalue weighted by molar-refractivity contribution is 0.0834. The number of aliphatic hydroxyl groups is 1. The van der Waals surface area contributed by atoms with Crippen LogP contribution in [0.4, 0.5) is 10.2 Å². The first-order valence-corrected chi connectivity index (χ1v) is 5.83. The van der Waals surface area contributed by atoms with Crippen LogP contribution in [-0.4, -0.2) is 10.1 Å². The molecular formula is C14H13FN2O. The summed E-state index contributed by atoms with van der Waals surface area (Å²) in [7, 11) is 0. The van der Waals surface area contributed by atoms with Crippen LogP contribution < -0.4 is 5.73 Å². The lowest BCUT2D eigenvalue weighted by Gasteiger charge is -2.25. The van der Waals surface area contributed by atoms with Gasteiger partial charge in [0.15, 0.2) is 0 Å². The minimum atomic E-state index is -1.15. The molecule has 1 aliphatic carbocycles. The van der Waals surface area contributed by atoms with E-state index < -0.39 is 5.60 Å². The van der Waals surface area contributed by atoms with Gasteiger partial charge in [-0.15, -0.1) is 0 Å². The van der Waals surface area contributed by atoms with Crippen LogP contribution in [0.2, 0.25) is 0 Å². The van der Waals surface area contributed by atoms with Crippen LogP contribution in [0.15, 0.2) is 36.5 Å². The van der Waals surface area contributed by atoms with E-state index in [0.29, 0.717) is 24.2 Å². The largest absolute Gasteiger partial charge is 0.383 e. The number of hydrogen-bond acceptors (Lipinski definition) is 3. The van der Waals surface area contributed by atoms with Crippen molar-refractivity contribution in [3.8, 4) is 0 Å². The van der Waals surface area contributed by atoms with Crippen molar-refractivity contribution in [2.75, 3.05) is 5.73 Å². The molecule has 1 aromatic carbocycles. The maximum Gasteiger partial charge on any atom is 0.129 e. The summed E-state index contributed by atoms with van der Waals surface area (Å²) < 4.78 is 13.2. The van der Waals surface area contributed by atoms with Crippen LogP contribution in [0, 0.1) is 5.82 Å². The minimum absolute atomic E-state index is 0.280. The SMILES string of the molecule is Nc1ncccc1C1(O)CCc2cc(F)ccc21. The normalized spacial score (nSPS) is 21.9. The van der Waals surface area contributed by atoms with Crippen LogP contribution >= 0.6 is 0 Å². The molecule has 0 aliphatic heterocycles. The van der Waals surface area contributed by atoms with Crippen molar-refractivity contribution in [1.29, 1.82) is 0 Å². The molecule has 3 N–H and O–H groups in total. The molecule has 0 fully saturated rings. The van der Waals surface area contributed by atoms with Gasteiger partial charge >= 0.3 is 0 Å². The highest BCUT2D eigenvalue weighted by atomic mass is 19.1. The molecule has 0 bridgehead atoms. The van der Waals surface area contributed by atoms with Crippen molar-refractivity contribution < 1.29 is 9.50 Å². The van der Waals surface area contributed by atoms with Gasteiger partial charge < -0.3 is 10.8 Å². The second-order valence-corrected chi connectivity index (χ2v) is 4.60. The molecule has 0 saturated carbocycles. The molecule has 3 nitrogen and oxygen atoms in total. The third-order valence-corrected chi connectivity index (χ3v) is 3.55. The van der Waals surface area contributed by atoms with Crippen molar-refractivity contribution in [3.63, 3.8) is 0 Å². The highest BCUT2D eigenvalue weighted by Crippen LogP contribution is 2.43. The van der Waals surface area contributed by atoms with E-state index in [0.717, 1.165) is 11.1 Å². The summed E-state index contributed by atoms with van der Waals surface area (Å²) in [6.45, 7) is 0. The number of rotatable bonds is 1. The molecule has 0 spiro atoms. The Bertz CT molecular complexity index is 614. The summed E-state index contributed by atoms with van der Waals surface area (Å²) in [5.41, 5.74) is 6.83. The molecule has 92 valence electrons. The Labute approximate surface area is 104 Å². The van der Waals surface area contributed by atoms with Gasteiger partial charge in [0.1, 0.15) is 17.2 Å². The molecule has 0 amide bonds. The molecule has 4 heteroatoms. The number of nitrogens with zero attached hydrogens (tertiary/aromatic N) is 1. The third kappa shape index (κ3) is 1.49. The van der Waals surface area contributed by atoms with E-state index in [1.807, 2.05) is 0 Å². The Balaban J connectivity index is 2.18. The summed E-state index contributed by atoms with van der Waals surface area (Å²) in [4.78, 5) is 4.00. The summed E-state index contributed by atoms with van der Waals surface area (Å²) in [6, 6.07) is 7.97. The highest BCUT2D eigenvalue weighted by Gasteiger charge is 2.39. The van der Waals surface area contributed by atoms with Crippen LogP contribution in [0.3, 0.4) is 0 Å².